The summed E-state index contributed by atoms with van der Waals surface area (Å²) in [6, 6.07) is 8.12. The molecule has 0 aromatic heterocycles. The van der Waals surface area contributed by atoms with Crippen LogP contribution in [0.15, 0.2) is 24.3 Å². The number of anilines is 1. The van der Waals surface area contributed by atoms with Crippen LogP contribution < -0.4 is 4.90 Å². The summed E-state index contributed by atoms with van der Waals surface area (Å²) in [5.41, 5.74) is 0.648. The molecule has 0 radical (unpaired) electrons. The Bertz CT molecular complexity index is 918. The van der Waals surface area contributed by atoms with Crippen LogP contribution >= 0.6 is 0 Å². The molecule has 4 aliphatic rings. The average Bonchev–Trinajstić information content (AvgIpc) is 3.33. The summed E-state index contributed by atoms with van der Waals surface area (Å²) in [4.78, 5) is 47.2. The third-order valence-corrected chi connectivity index (χ3v) is 7.78. The predicted octanol–water partition coefficient (Wildman–Crippen LogP) is 2.46. The van der Waals surface area contributed by atoms with Gasteiger partial charge >= 0.3 is 0 Å². The first-order valence-corrected chi connectivity index (χ1v) is 11.7. The second-order valence-corrected chi connectivity index (χ2v) is 9.71. The van der Waals surface area contributed by atoms with Crippen LogP contribution in [0.25, 0.3) is 0 Å². The topological polar surface area (TPSA) is 64.2 Å². The summed E-state index contributed by atoms with van der Waals surface area (Å²) < 4.78 is 0. The van der Waals surface area contributed by atoms with Crippen LogP contribution in [-0.4, -0.2) is 76.3 Å². The summed E-state index contributed by atoms with van der Waals surface area (Å²) in [7, 11) is 0. The third-order valence-electron chi connectivity index (χ3n) is 7.78. The third kappa shape index (κ3) is 3.25. The van der Waals surface area contributed by atoms with Crippen molar-refractivity contribution >= 4 is 23.4 Å². The van der Waals surface area contributed by atoms with Gasteiger partial charge in [-0.1, -0.05) is 12.1 Å². The van der Waals surface area contributed by atoms with E-state index in [0.717, 1.165) is 19.6 Å². The highest BCUT2D eigenvalue weighted by atomic mass is 16.2. The molecule has 1 aromatic carbocycles. The first kappa shape index (κ1) is 20.5. The molecule has 3 saturated heterocycles. The molecular formula is C24H32N4O3. The van der Waals surface area contributed by atoms with E-state index >= 15 is 0 Å². The van der Waals surface area contributed by atoms with Crippen molar-refractivity contribution in [3.8, 4) is 0 Å². The summed E-state index contributed by atoms with van der Waals surface area (Å²) in [6.45, 7) is 7.55. The van der Waals surface area contributed by atoms with Gasteiger partial charge in [-0.2, -0.15) is 0 Å². The van der Waals surface area contributed by atoms with Crippen LogP contribution in [0, 0.1) is 0 Å². The molecule has 0 N–H and O–H groups in total. The lowest BCUT2D eigenvalue weighted by Gasteiger charge is -2.49. The van der Waals surface area contributed by atoms with Gasteiger partial charge in [0.2, 0.25) is 11.8 Å². The number of carbonyl (C=O) groups is 3. The molecule has 4 heterocycles. The number of hydrogen-bond acceptors (Lipinski definition) is 4. The van der Waals surface area contributed by atoms with Gasteiger partial charge in [-0.25, -0.2) is 0 Å². The Balaban J connectivity index is 1.27. The lowest BCUT2D eigenvalue weighted by atomic mass is 9.97. The quantitative estimate of drug-likeness (QED) is 0.745. The molecule has 3 fully saturated rings. The van der Waals surface area contributed by atoms with Gasteiger partial charge in [-0.15, -0.1) is 0 Å². The minimum absolute atomic E-state index is 0.0376. The maximum Gasteiger partial charge on any atom is 0.257 e. The SMILES string of the molecule is CC1CN2CCCC2CN1C(=O)CCCN1C(=O)c2ccccc2N2C(=O)CCC12C. The van der Waals surface area contributed by atoms with Crippen molar-refractivity contribution in [2.45, 2.75) is 70.1 Å². The minimum atomic E-state index is -0.645. The van der Waals surface area contributed by atoms with Crippen LogP contribution in [0.2, 0.25) is 0 Å². The second-order valence-electron chi connectivity index (χ2n) is 9.71. The highest BCUT2D eigenvalue weighted by molar-refractivity contribution is 6.10. The zero-order chi connectivity index (χ0) is 21.8. The van der Waals surface area contributed by atoms with Crippen molar-refractivity contribution in [3.05, 3.63) is 29.8 Å². The van der Waals surface area contributed by atoms with E-state index in [2.05, 4.69) is 11.8 Å². The molecule has 0 spiro atoms. The van der Waals surface area contributed by atoms with E-state index in [0.29, 0.717) is 49.5 Å². The van der Waals surface area contributed by atoms with Gasteiger partial charge in [-0.3, -0.25) is 24.2 Å². The van der Waals surface area contributed by atoms with Crippen LogP contribution in [0.5, 0.6) is 0 Å². The number of carbonyl (C=O) groups excluding carboxylic acids is 3. The Morgan fingerprint density at radius 2 is 2.00 bits per heavy atom. The fraction of sp³-hybridized carbons (Fsp3) is 0.625. The summed E-state index contributed by atoms with van der Waals surface area (Å²) in [5, 5.41) is 0. The molecule has 0 saturated carbocycles. The van der Waals surface area contributed by atoms with Crippen LogP contribution in [-0.2, 0) is 9.59 Å². The molecule has 3 amide bonds. The Kier molecular flexibility index (Phi) is 5.04. The zero-order valence-corrected chi connectivity index (χ0v) is 18.5. The Morgan fingerprint density at radius 1 is 1.19 bits per heavy atom. The van der Waals surface area contributed by atoms with Gasteiger partial charge in [0.1, 0.15) is 5.66 Å². The number of nitrogens with zero attached hydrogens (tertiary/aromatic N) is 4. The highest BCUT2D eigenvalue weighted by Gasteiger charge is 2.52. The van der Waals surface area contributed by atoms with Crippen molar-refractivity contribution in [2.24, 2.45) is 0 Å². The number of rotatable bonds is 4. The molecule has 4 aliphatic heterocycles. The highest BCUT2D eigenvalue weighted by Crippen LogP contribution is 2.44. The normalized spacial score (nSPS) is 30.5. The van der Waals surface area contributed by atoms with E-state index in [9.17, 15) is 14.4 Å². The Morgan fingerprint density at radius 3 is 2.84 bits per heavy atom. The summed E-state index contributed by atoms with van der Waals surface area (Å²) in [6.07, 6.45) is 4.53. The fourth-order valence-electron chi connectivity index (χ4n) is 6.11. The molecule has 0 aliphatic carbocycles. The Labute approximate surface area is 184 Å². The average molecular weight is 425 g/mol. The largest absolute Gasteiger partial charge is 0.337 e. The molecule has 1 aromatic rings. The van der Waals surface area contributed by atoms with E-state index < -0.39 is 5.66 Å². The van der Waals surface area contributed by atoms with Crippen LogP contribution in [0.1, 0.15) is 62.7 Å². The predicted molar refractivity (Wildman–Crippen MR) is 118 cm³/mol. The van der Waals surface area contributed by atoms with Gasteiger partial charge < -0.3 is 9.80 Å². The van der Waals surface area contributed by atoms with Gasteiger partial charge in [0.05, 0.1) is 11.3 Å². The molecule has 166 valence electrons. The number of amides is 3. The standard InChI is InChI=1S/C24H32N4O3/c1-17-15-25-13-5-7-18(25)16-26(17)21(29)10-6-14-27-23(31)19-8-3-4-9-20(19)28-22(30)11-12-24(27,28)2/h3-4,8-9,17-18H,5-7,10-16H2,1-2H3. The maximum absolute atomic E-state index is 13.3. The maximum atomic E-state index is 13.3. The van der Waals surface area contributed by atoms with E-state index in [1.165, 1.54) is 12.8 Å². The van der Waals surface area contributed by atoms with E-state index in [4.69, 9.17) is 0 Å². The van der Waals surface area contributed by atoms with Crippen molar-refractivity contribution in [1.29, 1.82) is 0 Å². The molecule has 31 heavy (non-hydrogen) atoms. The molecular weight excluding hydrogens is 392 g/mol. The lowest BCUT2D eigenvalue weighted by Crippen LogP contribution is -2.62. The van der Waals surface area contributed by atoms with E-state index in [1.54, 1.807) is 11.0 Å². The number of para-hydroxylation sites is 1. The number of fused-ring (bicyclic) bond motifs is 4. The number of benzene rings is 1. The molecule has 0 bridgehead atoms. The van der Waals surface area contributed by atoms with Gasteiger partial charge in [0, 0.05) is 44.6 Å². The fourth-order valence-corrected chi connectivity index (χ4v) is 6.11. The lowest BCUT2D eigenvalue weighted by molar-refractivity contribution is -0.137. The molecule has 7 nitrogen and oxygen atoms in total. The Hall–Kier alpha value is -2.41. The number of piperazine rings is 1. The molecule has 5 rings (SSSR count). The van der Waals surface area contributed by atoms with E-state index in [-0.39, 0.29) is 23.8 Å². The monoisotopic (exact) mass is 424 g/mol. The first-order chi connectivity index (χ1) is 14.9. The van der Waals surface area contributed by atoms with Crippen molar-refractivity contribution in [2.75, 3.05) is 31.1 Å². The van der Waals surface area contributed by atoms with Crippen molar-refractivity contribution < 1.29 is 14.4 Å². The van der Waals surface area contributed by atoms with Crippen molar-refractivity contribution in [3.63, 3.8) is 0 Å². The first-order valence-electron chi connectivity index (χ1n) is 11.7. The van der Waals surface area contributed by atoms with Crippen LogP contribution in [0.3, 0.4) is 0 Å². The smallest absolute Gasteiger partial charge is 0.257 e. The van der Waals surface area contributed by atoms with E-state index in [1.807, 2.05) is 34.9 Å². The second kappa shape index (κ2) is 7.62. The number of hydrogen-bond donors (Lipinski definition) is 0. The van der Waals surface area contributed by atoms with Crippen molar-refractivity contribution in [1.82, 2.24) is 14.7 Å². The molecule has 3 unspecified atom stereocenters. The van der Waals surface area contributed by atoms with Gasteiger partial charge in [0.25, 0.3) is 5.91 Å². The van der Waals surface area contributed by atoms with Gasteiger partial charge in [0.15, 0.2) is 0 Å². The molecule has 7 heteroatoms. The molecule has 3 atom stereocenters. The zero-order valence-electron chi connectivity index (χ0n) is 18.5. The summed E-state index contributed by atoms with van der Waals surface area (Å²) in [5.74, 6) is 0.213. The van der Waals surface area contributed by atoms with Gasteiger partial charge in [-0.05, 0) is 58.2 Å². The summed E-state index contributed by atoms with van der Waals surface area (Å²) >= 11 is 0. The van der Waals surface area contributed by atoms with Crippen LogP contribution in [0.4, 0.5) is 5.69 Å². The minimum Gasteiger partial charge on any atom is -0.337 e.